The Hall–Kier alpha value is -0.380. The van der Waals surface area contributed by atoms with Gasteiger partial charge in [-0.2, -0.15) is 0 Å². The molecule has 26 heavy (non-hydrogen) atoms. The Kier molecular flexibility index (Phi) is 7.22. The van der Waals surface area contributed by atoms with E-state index in [1.54, 1.807) is 6.92 Å². The highest BCUT2D eigenvalue weighted by Gasteiger charge is 2.59. The predicted molar refractivity (Wildman–Crippen MR) is 109 cm³/mol. The number of carbonyl (C=O) groups excluding carboxylic acids is 2. The van der Waals surface area contributed by atoms with Crippen molar-refractivity contribution in [1.82, 2.24) is 0 Å². The van der Waals surface area contributed by atoms with E-state index in [-0.39, 0.29) is 41.1 Å². The van der Waals surface area contributed by atoms with E-state index in [9.17, 15) is 9.59 Å². The molecule has 3 fully saturated rings. The molecule has 0 aromatic heterocycles. The van der Waals surface area contributed by atoms with E-state index in [0.29, 0.717) is 17.5 Å². The van der Waals surface area contributed by atoms with Crippen LogP contribution in [0.3, 0.4) is 0 Å². The van der Waals surface area contributed by atoms with Gasteiger partial charge in [-0.1, -0.05) is 19.4 Å². The molecule has 0 amide bonds. The highest BCUT2D eigenvalue weighted by atomic mass is 35.5. The van der Waals surface area contributed by atoms with Crippen molar-refractivity contribution >= 4 is 36.4 Å². The maximum Gasteiger partial charge on any atom is 0.155 e. The Balaban J connectivity index is 0.00000113. The first-order valence-electron chi connectivity index (χ1n) is 9.60. The fraction of sp³-hybridized carbons (Fsp3) is 0.810. The van der Waals surface area contributed by atoms with Crippen molar-refractivity contribution in [3.63, 3.8) is 0 Å². The van der Waals surface area contributed by atoms with Crippen molar-refractivity contribution in [2.24, 2.45) is 34.5 Å². The zero-order chi connectivity index (χ0) is 16.4. The van der Waals surface area contributed by atoms with E-state index in [2.05, 4.69) is 13.8 Å². The van der Waals surface area contributed by atoms with Crippen LogP contribution in [0.5, 0.6) is 0 Å². The number of hydrogen-bond acceptors (Lipinski definition) is 2. The van der Waals surface area contributed by atoms with Crippen molar-refractivity contribution in [1.29, 1.82) is 0 Å². The van der Waals surface area contributed by atoms with Crippen LogP contribution in [0.15, 0.2) is 11.6 Å². The van der Waals surface area contributed by atoms with E-state index in [1.165, 1.54) is 31.3 Å². The van der Waals surface area contributed by atoms with Gasteiger partial charge >= 0.3 is 0 Å². The van der Waals surface area contributed by atoms with Gasteiger partial charge in [-0.15, -0.1) is 24.8 Å². The first-order chi connectivity index (χ1) is 10.9. The quantitative estimate of drug-likeness (QED) is 0.632. The van der Waals surface area contributed by atoms with Gasteiger partial charge in [0, 0.05) is 12.3 Å². The molecule has 6 atom stereocenters. The van der Waals surface area contributed by atoms with Crippen LogP contribution in [0.1, 0.15) is 72.1 Å². The monoisotopic (exact) mass is 404 g/mol. The van der Waals surface area contributed by atoms with Gasteiger partial charge in [0.1, 0.15) is 5.78 Å². The molecular formula is C21H34Cl2O3. The van der Waals surface area contributed by atoms with Crippen LogP contribution < -0.4 is 0 Å². The van der Waals surface area contributed by atoms with Gasteiger partial charge in [0.15, 0.2) is 5.78 Å². The van der Waals surface area contributed by atoms with E-state index >= 15 is 0 Å². The molecule has 0 radical (unpaired) electrons. The highest BCUT2D eigenvalue weighted by Crippen LogP contribution is 2.66. The lowest BCUT2D eigenvalue weighted by Gasteiger charge is -2.58. The Bertz CT molecular complexity index is 602. The summed E-state index contributed by atoms with van der Waals surface area (Å²) >= 11 is 0. The topological polar surface area (TPSA) is 65.6 Å². The Morgan fingerprint density at radius 1 is 1.00 bits per heavy atom. The standard InChI is InChI=1S/C21H30O2.2ClH.H2O/c1-13(22)17-6-7-18-16-5-4-14-12-15(23)8-10-20(14,2)19(16)9-11-21(17,18)3;;;/h12,16-19H,4-11H2,1-3H3;2*1H;1H2/t16-,17+,18-,19-,20-,21+;;;/m0.../s1. The van der Waals surface area contributed by atoms with E-state index in [1.807, 2.05) is 6.08 Å². The smallest absolute Gasteiger partial charge is 0.155 e. The Labute approximate surface area is 169 Å². The number of carbonyl (C=O) groups is 2. The molecule has 3 nitrogen and oxygen atoms in total. The SMILES string of the molecule is CC(=O)[C@H]1CC[C@H]2[C@@H]3CCC4=CC(=O)CC[C@]4(C)[C@H]3CC[C@]12C.Cl.Cl.O. The molecule has 0 aromatic rings. The third-order valence-electron chi connectivity index (χ3n) is 8.45. The van der Waals surface area contributed by atoms with Crippen LogP contribution in [0.2, 0.25) is 0 Å². The Morgan fingerprint density at radius 2 is 1.69 bits per heavy atom. The van der Waals surface area contributed by atoms with Gasteiger partial charge in [-0.25, -0.2) is 0 Å². The maximum atomic E-state index is 12.1. The van der Waals surface area contributed by atoms with E-state index < -0.39 is 0 Å². The molecule has 4 aliphatic carbocycles. The van der Waals surface area contributed by atoms with Crippen LogP contribution in [0.25, 0.3) is 0 Å². The van der Waals surface area contributed by atoms with Crippen molar-refractivity contribution in [3.8, 4) is 0 Å². The summed E-state index contributed by atoms with van der Waals surface area (Å²) in [5.74, 6) is 3.29. The molecular weight excluding hydrogens is 371 g/mol. The largest absolute Gasteiger partial charge is 0.412 e. The van der Waals surface area contributed by atoms with Gasteiger partial charge in [-0.3, -0.25) is 9.59 Å². The third-order valence-corrected chi connectivity index (χ3v) is 8.45. The summed E-state index contributed by atoms with van der Waals surface area (Å²) in [7, 11) is 0. The summed E-state index contributed by atoms with van der Waals surface area (Å²) in [6.07, 6.45) is 10.9. The molecule has 0 unspecified atom stereocenters. The number of Topliss-reactive ketones (excluding diaryl/α,β-unsaturated/α-hetero) is 1. The molecule has 3 saturated carbocycles. The van der Waals surface area contributed by atoms with Crippen LogP contribution in [-0.4, -0.2) is 17.0 Å². The lowest BCUT2D eigenvalue weighted by atomic mass is 9.47. The molecule has 5 heteroatoms. The molecule has 0 heterocycles. The van der Waals surface area contributed by atoms with Gasteiger partial charge in [0.05, 0.1) is 0 Å². The van der Waals surface area contributed by atoms with Crippen molar-refractivity contribution < 1.29 is 15.1 Å². The van der Waals surface area contributed by atoms with Crippen molar-refractivity contribution in [2.75, 3.05) is 0 Å². The fourth-order valence-electron chi connectivity index (χ4n) is 7.23. The summed E-state index contributed by atoms with van der Waals surface area (Å²) in [5.41, 5.74) is 1.95. The summed E-state index contributed by atoms with van der Waals surface area (Å²) in [4.78, 5) is 24.0. The van der Waals surface area contributed by atoms with Gasteiger partial charge in [0.2, 0.25) is 0 Å². The molecule has 0 spiro atoms. The normalized spacial score (nSPS) is 43.3. The van der Waals surface area contributed by atoms with E-state index in [0.717, 1.165) is 43.4 Å². The molecule has 0 aromatic carbocycles. The molecule has 2 N–H and O–H groups in total. The van der Waals surface area contributed by atoms with E-state index in [4.69, 9.17) is 0 Å². The molecule has 0 saturated heterocycles. The van der Waals surface area contributed by atoms with Crippen LogP contribution in [-0.2, 0) is 9.59 Å². The van der Waals surface area contributed by atoms with Crippen LogP contribution in [0, 0.1) is 34.5 Å². The number of hydrogen-bond donors (Lipinski definition) is 0. The highest BCUT2D eigenvalue weighted by molar-refractivity contribution is 5.91. The second-order valence-corrected chi connectivity index (χ2v) is 9.25. The number of fused-ring (bicyclic) bond motifs is 5. The first kappa shape index (κ1) is 23.7. The zero-order valence-electron chi connectivity index (χ0n) is 16.2. The van der Waals surface area contributed by atoms with Crippen molar-refractivity contribution in [2.45, 2.75) is 72.1 Å². The Morgan fingerprint density at radius 3 is 2.35 bits per heavy atom. The number of halogens is 2. The average molecular weight is 405 g/mol. The summed E-state index contributed by atoms with van der Waals surface area (Å²) in [6.45, 7) is 6.65. The second-order valence-electron chi connectivity index (χ2n) is 9.25. The molecule has 4 aliphatic rings. The van der Waals surface area contributed by atoms with Gasteiger partial charge < -0.3 is 5.48 Å². The third kappa shape index (κ3) is 3.18. The van der Waals surface area contributed by atoms with Gasteiger partial charge in [-0.05, 0) is 86.5 Å². The first-order valence-corrected chi connectivity index (χ1v) is 9.60. The number of ketones is 2. The molecule has 0 aliphatic heterocycles. The molecule has 0 bridgehead atoms. The predicted octanol–water partition coefficient (Wildman–Crippen LogP) is 4.74. The van der Waals surface area contributed by atoms with Crippen LogP contribution in [0.4, 0.5) is 0 Å². The minimum atomic E-state index is 0. The fourth-order valence-corrected chi connectivity index (χ4v) is 7.23. The van der Waals surface area contributed by atoms with Crippen LogP contribution >= 0.6 is 24.8 Å². The van der Waals surface area contributed by atoms with Crippen molar-refractivity contribution in [3.05, 3.63) is 11.6 Å². The summed E-state index contributed by atoms with van der Waals surface area (Å²) in [6, 6.07) is 0. The maximum absolute atomic E-state index is 12.1. The average Bonchev–Trinajstić information content (AvgIpc) is 2.85. The minimum Gasteiger partial charge on any atom is -0.412 e. The second kappa shape index (κ2) is 7.93. The summed E-state index contributed by atoms with van der Waals surface area (Å²) in [5, 5.41) is 0. The zero-order valence-corrected chi connectivity index (χ0v) is 17.8. The van der Waals surface area contributed by atoms with Gasteiger partial charge in [0.25, 0.3) is 0 Å². The molecule has 150 valence electrons. The molecule has 4 rings (SSSR count). The lowest BCUT2D eigenvalue weighted by Crippen LogP contribution is -2.51. The summed E-state index contributed by atoms with van der Waals surface area (Å²) < 4.78 is 0. The number of allylic oxidation sites excluding steroid dienone is 1. The lowest BCUT2D eigenvalue weighted by molar-refractivity contribution is -0.128. The number of rotatable bonds is 1. The minimum absolute atomic E-state index is 0.